The summed E-state index contributed by atoms with van der Waals surface area (Å²) in [5, 5.41) is 6.76. The molecule has 0 aliphatic rings. The smallest absolute Gasteiger partial charge is 0.310 e. The van der Waals surface area contributed by atoms with Crippen molar-refractivity contribution < 1.29 is 14.3 Å². The molecule has 3 rings (SSSR count). The van der Waals surface area contributed by atoms with Crippen molar-refractivity contribution in [2.45, 2.75) is 27.2 Å². The van der Waals surface area contributed by atoms with E-state index in [-0.39, 0.29) is 18.9 Å². The first-order valence-corrected chi connectivity index (χ1v) is 8.12. The minimum atomic E-state index is -0.503. The number of aryl methyl sites for hydroxylation is 3. The lowest BCUT2D eigenvalue weighted by molar-refractivity contribution is -0.146. The largest absolute Gasteiger partial charge is 0.455 e. The first-order chi connectivity index (χ1) is 12.4. The van der Waals surface area contributed by atoms with Crippen LogP contribution in [0, 0.1) is 20.8 Å². The Morgan fingerprint density at radius 1 is 1.15 bits per heavy atom. The number of nitrogens with one attached hydrogen (secondary N) is 1. The molecule has 3 aromatic rings. The van der Waals surface area contributed by atoms with E-state index in [1.54, 1.807) is 23.6 Å². The molecule has 8 nitrogen and oxygen atoms in total. The van der Waals surface area contributed by atoms with Gasteiger partial charge in [0.25, 0.3) is 11.7 Å². The van der Waals surface area contributed by atoms with Gasteiger partial charge < -0.3 is 10.1 Å². The molecule has 0 atom stereocenters. The Hall–Kier alpha value is -3.29. The third kappa shape index (κ3) is 3.85. The molecule has 0 aliphatic carbocycles. The number of carbonyl (C=O) groups is 2. The molecular formula is C18H19N5O3. The quantitative estimate of drug-likeness (QED) is 0.702. The molecule has 8 heteroatoms. The predicted octanol–water partition coefficient (Wildman–Crippen LogP) is 1.77. The molecule has 0 radical (unpaired) electrons. The summed E-state index contributed by atoms with van der Waals surface area (Å²) in [7, 11) is 0. The minimum Gasteiger partial charge on any atom is -0.455 e. The van der Waals surface area contributed by atoms with Crippen molar-refractivity contribution in [3.8, 4) is 0 Å². The van der Waals surface area contributed by atoms with Crippen molar-refractivity contribution >= 4 is 23.3 Å². The van der Waals surface area contributed by atoms with Crippen LogP contribution in [-0.2, 0) is 20.7 Å². The molecule has 1 amide bonds. The fourth-order valence-electron chi connectivity index (χ4n) is 2.59. The molecule has 0 spiro atoms. The van der Waals surface area contributed by atoms with E-state index in [4.69, 9.17) is 4.74 Å². The summed E-state index contributed by atoms with van der Waals surface area (Å²) in [5.74, 6) is -0.411. The summed E-state index contributed by atoms with van der Waals surface area (Å²) in [5.41, 5.74) is 3.92. The van der Waals surface area contributed by atoms with Gasteiger partial charge in [0.05, 0.1) is 6.42 Å². The summed E-state index contributed by atoms with van der Waals surface area (Å²) in [6, 6.07) is 7.36. The van der Waals surface area contributed by atoms with E-state index >= 15 is 0 Å². The summed E-state index contributed by atoms with van der Waals surface area (Å²) in [6.45, 7) is 5.25. The number of rotatable bonds is 5. The molecule has 0 saturated carbocycles. The number of fused-ring (bicyclic) bond motifs is 1. The van der Waals surface area contributed by atoms with Crippen LogP contribution < -0.4 is 5.32 Å². The van der Waals surface area contributed by atoms with Crippen LogP contribution in [-0.4, -0.2) is 38.1 Å². The molecular weight excluding hydrogens is 334 g/mol. The van der Waals surface area contributed by atoms with Crippen LogP contribution in [0.5, 0.6) is 0 Å². The molecule has 0 aliphatic heterocycles. The number of nitrogens with zero attached hydrogens (tertiary/aromatic N) is 4. The zero-order chi connectivity index (χ0) is 18.7. The predicted molar refractivity (Wildman–Crippen MR) is 94.7 cm³/mol. The van der Waals surface area contributed by atoms with Crippen LogP contribution in [0.3, 0.4) is 0 Å². The van der Waals surface area contributed by atoms with Crippen LogP contribution in [0.4, 0.5) is 5.69 Å². The summed E-state index contributed by atoms with van der Waals surface area (Å²) >= 11 is 0. The lowest BCUT2D eigenvalue weighted by atomic mass is 10.1. The van der Waals surface area contributed by atoms with Gasteiger partial charge in [0.2, 0.25) is 0 Å². The first kappa shape index (κ1) is 17.5. The summed E-state index contributed by atoms with van der Waals surface area (Å²) < 4.78 is 6.65. The molecule has 2 heterocycles. The molecule has 1 N–H and O–H groups in total. The van der Waals surface area contributed by atoms with Gasteiger partial charge in [-0.25, -0.2) is 9.50 Å². The van der Waals surface area contributed by atoms with E-state index in [2.05, 4.69) is 20.4 Å². The number of benzene rings is 1. The van der Waals surface area contributed by atoms with Crippen molar-refractivity contribution in [3.63, 3.8) is 0 Å². The van der Waals surface area contributed by atoms with Gasteiger partial charge in [-0.15, -0.1) is 0 Å². The van der Waals surface area contributed by atoms with Gasteiger partial charge in [-0.3, -0.25) is 9.59 Å². The van der Waals surface area contributed by atoms with Crippen LogP contribution in [0.15, 0.2) is 30.6 Å². The molecule has 0 bridgehead atoms. The van der Waals surface area contributed by atoms with E-state index in [0.717, 1.165) is 11.3 Å². The minimum absolute atomic E-state index is 0.0122. The molecule has 26 heavy (non-hydrogen) atoms. The van der Waals surface area contributed by atoms with E-state index in [9.17, 15) is 9.59 Å². The van der Waals surface area contributed by atoms with Crippen molar-refractivity contribution in [3.05, 3.63) is 53.1 Å². The van der Waals surface area contributed by atoms with Gasteiger partial charge >= 0.3 is 5.97 Å². The first-order valence-electron chi connectivity index (χ1n) is 8.12. The highest BCUT2D eigenvalue weighted by atomic mass is 16.5. The number of ether oxygens (including phenoxy) is 1. The molecule has 134 valence electrons. The van der Waals surface area contributed by atoms with Gasteiger partial charge in [-0.2, -0.15) is 10.1 Å². The third-order valence-corrected chi connectivity index (χ3v) is 4.01. The number of anilines is 1. The number of aromatic nitrogens is 4. The molecule has 0 fully saturated rings. The summed E-state index contributed by atoms with van der Waals surface area (Å²) in [6.07, 6.45) is 1.42. The number of amides is 1. The lowest BCUT2D eigenvalue weighted by Crippen LogP contribution is -2.22. The maximum atomic E-state index is 12.1. The van der Waals surface area contributed by atoms with Gasteiger partial charge in [0.15, 0.2) is 6.61 Å². The van der Waals surface area contributed by atoms with E-state index in [0.29, 0.717) is 22.7 Å². The Bertz CT molecular complexity index is 963. The van der Waals surface area contributed by atoms with E-state index in [1.807, 2.05) is 26.0 Å². The Kier molecular flexibility index (Phi) is 4.92. The zero-order valence-corrected chi connectivity index (χ0v) is 14.8. The highest BCUT2D eigenvalue weighted by Gasteiger charge is 2.16. The van der Waals surface area contributed by atoms with Crippen LogP contribution in [0.25, 0.3) is 5.78 Å². The Balaban J connectivity index is 1.59. The highest BCUT2D eigenvalue weighted by Crippen LogP contribution is 2.14. The van der Waals surface area contributed by atoms with Crippen molar-refractivity contribution in [2.24, 2.45) is 0 Å². The number of carbonyl (C=O) groups excluding carboxylic acids is 2. The van der Waals surface area contributed by atoms with Crippen molar-refractivity contribution in [2.75, 3.05) is 11.9 Å². The summed E-state index contributed by atoms with van der Waals surface area (Å²) in [4.78, 5) is 32.4. The maximum Gasteiger partial charge on any atom is 0.310 e. The van der Waals surface area contributed by atoms with Crippen molar-refractivity contribution in [1.82, 2.24) is 19.6 Å². The Labute approximate surface area is 150 Å². The topological polar surface area (TPSA) is 98.5 Å². The van der Waals surface area contributed by atoms with E-state index in [1.165, 1.54) is 6.33 Å². The lowest BCUT2D eigenvalue weighted by Gasteiger charge is -2.10. The SMILES string of the molecule is Cc1ccc(NC(=O)COC(=O)Cc2c(C)nc3ncnn3c2C)cc1. The maximum absolute atomic E-state index is 12.1. The fourth-order valence-corrected chi connectivity index (χ4v) is 2.59. The Morgan fingerprint density at radius 2 is 1.88 bits per heavy atom. The highest BCUT2D eigenvalue weighted by molar-refractivity contribution is 5.92. The Morgan fingerprint density at radius 3 is 2.62 bits per heavy atom. The zero-order valence-electron chi connectivity index (χ0n) is 14.8. The second-order valence-electron chi connectivity index (χ2n) is 5.98. The van der Waals surface area contributed by atoms with Crippen LogP contribution in [0.2, 0.25) is 0 Å². The number of hydrogen-bond donors (Lipinski definition) is 1. The van der Waals surface area contributed by atoms with Gasteiger partial charge in [0.1, 0.15) is 6.33 Å². The van der Waals surface area contributed by atoms with Crippen molar-refractivity contribution in [1.29, 1.82) is 0 Å². The normalized spacial score (nSPS) is 10.7. The monoisotopic (exact) mass is 353 g/mol. The van der Waals surface area contributed by atoms with E-state index < -0.39 is 5.97 Å². The molecule has 0 saturated heterocycles. The number of esters is 1. The number of hydrogen-bond acceptors (Lipinski definition) is 6. The van der Waals surface area contributed by atoms with Crippen LogP contribution >= 0.6 is 0 Å². The van der Waals surface area contributed by atoms with Gasteiger partial charge in [-0.1, -0.05) is 17.7 Å². The average Bonchev–Trinajstić information content (AvgIpc) is 3.07. The average molecular weight is 353 g/mol. The second kappa shape index (κ2) is 7.30. The van der Waals surface area contributed by atoms with Gasteiger partial charge in [0, 0.05) is 22.6 Å². The molecule has 2 aromatic heterocycles. The standard InChI is InChI=1S/C18H19N5O3/c1-11-4-6-14(7-5-11)22-16(24)9-26-17(25)8-15-12(2)21-18-19-10-20-23(18)13(15)3/h4-7,10H,8-9H2,1-3H3,(H,22,24). The molecule has 1 aromatic carbocycles. The second-order valence-corrected chi connectivity index (χ2v) is 5.98. The third-order valence-electron chi connectivity index (χ3n) is 4.01. The fraction of sp³-hybridized carbons (Fsp3) is 0.278. The molecule has 0 unspecified atom stereocenters. The van der Waals surface area contributed by atoms with Crippen LogP contribution in [0.1, 0.15) is 22.5 Å². The van der Waals surface area contributed by atoms with Gasteiger partial charge in [-0.05, 0) is 32.9 Å².